The van der Waals surface area contributed by atoms with Crippen molar-refractivity contribution in [1.29, 1.82) is 0 Å². The summed E-state index contributed by atoms with van der Waals surface area (Å²) in [5.41, 5.74) is 2.98. The fourth-order valence-corrected chi connectivity index (χ4v) is 12.7. The zero-order valence-corrected chi connectivity index (χ0v) is 39.2. The lowest BCUT2D eigenvalue weighted by Crippen LogP contribution is -2.58. The third-order valence-electron chi connectivity index (χ3n) is 14.4. The number of nitrogens with one attached hydrogen (secondary N) is 3. The second-order valence-electron chi connectivity index (χ2n) is 19.3. The first-order valence-corrected chi connectivity index (χ1v) is 25.9. The van der Waals surface area contributed by atoms with Crippen molar-refractivity contribution >= 4 is 55.0 Å². The molecule has 5 aromatic rings. The molecule has 0 radical (unpaired) electrons. The van der Waals surface area contributed by atoms with Gasteiger partial charge >= 0.3 is 5.69 Å². The van der Waals surface area contributed by atoms with E-state index in [0.29, 0.717) is 54.2 Å². The Morgan fingerprint density at radius 1 is 1.03 bits per heavy atom. The Bertz CT molecular complexity index is 2750. The molecule has 2 saturated heterocycles. The van der Waals surface area contributed by atoms with E-state index >= 15 is 0 Å². The molecule has 9 rings (SSSR count). The van der Waals surface area contributed by atoms with Crippen molar-refractivity contribution in [3.05, 3.63) is 106 Å². The van der Waals surface area contributed by atoms with Gasteiger partial charge in [-0.3, -0.25) is 24.0 Å². The number of carbonyl (C=O) groups is 1. The Hall–Kier alpha value is -5.43. The van der Waals surface area contributed by atoms with Crippen LogP contribution >= 0.6 is 0 Å². The zero-order valence-electron chi connectivity index (χ0n) is 37.6. The smallest absolute Gasteiger partial charge is 0.312 e. The molecule has 1 amide bonds. The first kappa shape index (κ1) is 45.7. The number of fused-ring (bicyclic) bond motifs is 1. The van der Waals surface area contributed by atoms with Gasteiger partial charge in [0.05, 0.1) is 28.5 Å². The fourth-order valence-electron chi connectivity index (χ4n) is 10.5. The van der Waals surface area contributed by atoms with Crippen molar-refractivity contribution in [2.75, 3.05) is 47.9 Å². The first-order chi connectivity index (χ1) is 31.6. The van der Waals surface area contributed by atoms with Crippen LogP contribution in [-0.2, 0) is 20.8 Å². The highest BCUT2D eigenvalue weighted by Crippen LogP contribution is 2.53. The van der Waals surface area contributed by atoms with Crippen LogP contribution in [0.5, 0.6) is 11.5 Å². The molecule has 18 heteroatoms. The van der Waals surface area contributed by atoms with Gasteiger partial charge in [0, 0.05) is 90.0 Å². The maximum Gasteiger partial charge on any atom is 0.312 e. The van der Waals surface area contributed by atoms with E-state index in [9.17, 15) is 32.6 Å². The highest BCUT2D eigenvalue weighted by atomic mass is 32.2. The molecule has 0 bridgehead atoms. The molecule has 1 spiro atoms. The van der Waals surface area contributed by atoms with Crippen LogP contribution in [0.25, 0.3) is 11.0 Å². The van der Waals surface area contributed by atoms with Crippen LogP contribution < -0.4 is 19.7 Å². The molecular weight excluding hydrogens is 881 g/mol. The molecular formula is C48H58N8O8S2. The maximum atomic E-state index is 14.0. The molecule has 16 nitrogen and oxygen atoms in total. The van der Waals surface area contributed by atoms with E-state index in [-0.39, 0.29) is 34.5 Å². The number of pyridine rings is 2. The first-order valence-electron chi connectivity index (χ1n) is 22.9. The SMILES string of the molecule is CC(C)c1ccccc1[C@H]1CS(=O)CCN1C1CC2(CCN(c3ccc(C(=O)NS(=O)(=O)c4cnc(NCC5CCC(C)(O)CC5)c([N+](=O)[O-])c4)c(Oc4cnc5[nH]ccc5c4)c3)CC2)C1. The van der Waals surface area contributed by atoms with Crippen LogP contribution in [0.15, 0.2) is 84.1 Å². The fraction of sp³-hybridized carbons (Fsp3) is 0.479. The number of aromatic amines is 1. The lowest BCUT2D eigenvalue weighted by Gasteiger charge is -2.57. The van der Waals surface area contributed by atoms with Gasteiger partial charge in [-0.05, 0) is 111 Å². The predicted molar refractivity (Wildman–Crippen MR) is 254 cm³/mol. The van der Waals surface area contributed by atoms with Crippen LogP contribution in [0.2, 0.25) is 0 Å². The van der Waals surface area contributed by atoms with Crippen LogP contribution in [0.4, 0.5) is 17.2 Å². The van der Waals surface area contributed by atoms with Crippen molar-refractivity contribution in [3.8, 4) is 11.5 Å². The average molecular weight is 939 g/mol. The minimum atomic E-state index is -4.64. The molecule has 2 aliphatic heterocycles. The molecule has 2 aliphatic carbocycles. The molecule has 2 atom stereocenters. The number of benzene rings is 2. The Morgan fingerprint density at radius 2 is 1.79 bits per heavy atom. The number of anilines is 2. The molecule has 4 aliphatic rings. The number of aromatic nitrogens is 3. The second-order valence-corrected chi connectivity index (χ2v) is 22.6. The summed E-state index contributed by atoms with van der Waals surface area (Å²) in [4.78, 5) is 41.3. The standard InChI is InChI=1S/C48H58N8O8S2/c1-31(2)38-6-4-5-7-39(38)42-30-65(61)21-20-55(42)35-25-48(26-35)15-18-54(19-16-48)34-8-9-40(43(23-34)64-36-22-33-12-17-49-44(33)51-28-36)46(57)53-66(62,63)37-24-41(56(59)60)45(52-29-37)50-27-32-10-13-47(3,58)14-11-32/h4-9,12,17,22-24,28-29,31-32,35,42,58H,10-11,13-16,18-21,25-27,30H2,1-3H3,(H,49,51)(H,50,52)(H,53,57)/t32?,42-,47?,65?/m1/s1. The van der Waals surface area contributed by atoms with E-state index in [1.54, 1.807) is 31.3 Å². The van der Waals surface area contributed by atoms with Gasteiger partial charge in [-0.15, -0.1) is 0 Å². The molecule has 3 aromatic heterocycles. The zero-order chi connectivity index (χ0) is 46.4. The van der Waals surface area contributed by atoms with E-state index in [1.807, 2.05) is 6.07 Å². The number of sulfonamides is 1. The number of nitrogens with zero attached hydrogens (tertiary/aromatic N) is 5. The third-order valence-corrected chi connectivity index (χ3v) is 17.0. The number of hydrogen-bond donors (Lipinski definition) is 4. The number of hydrogen-bond acceptors (Lipinski definition) is 13. The van der Waals surface area contributed by atoms with E-state index < -0.39 is 47.8 Å². The van der Waals surface area contributed by atoms with Crippen LogP contribution in [0, 0.1) is 21.4 Å². The van der Waals surface area contributed by atoms with Crippen LogP contribution in [0.3, 0.4) is 0 Å². The van der Waals surface area contributed by atoms with E-state index in [2.05, 4.69) is 72.9 Å². The summed E-state index contributed by atoms with van der Waals surface area (Å²) >= 11 is 0. The quantitative estimate of drug-likeness (QED) is 0.0656. The lowest BCUT2D eigenvalue weighted by molar-refractivity contribution is -0.384. The number of H-pyrrole nitrogens is 1. The highest BCUT2D eigenvalue weighted by Gasteiger charge is 2.50. The molecule has 1 unspecified atom stereocenters. The largest absolute Gasteiger partial charge is 0.455 e. The Balaban J connectivity index is 0.900. The van der Waals surface area contributed by atoms with Gasteiger partial charge < -0.3 is 25.0 Å². The highest BCUT2D eigenvalue weighted by molar-refractivity contribution is 7.90. The summed E-state index contributed by atoms with van der Waals surface area (Å²) in [5, 5.41) is 26.2. The predicted octanol–water partition coefficient (Wildman–Crippen LogP) is 7.81. The number of aliphatic hydroxyl groups is 1. The van der Waals surface area contributed by atoms with Crippen molar-refractivity contribution in [2.45, 2.75) is 101 Å². The van der Waals surface area contributed by atoms with Crippen LogP contribution in [-0.4, -0.2) is 97.7 Å². The number of piperidine rings is 1. The van der Waals surface area contributed by atoms with E-state index in [1.165, 1.54) is 23.4 Å². The van der Waals surface area contributed by atoms with Gasteiger partial charge in [-0.1, -0.05) is 38.1 Å². The molecule has 2 aromatic carbocycles. The monoisotopic (exact) mass is 938 g/mol. The summed E-state index contributed by atoms with van der Waals surface area (Å²) in [6.07, 6.45) is 11.1. The molecule has 350 valence electrons. The van der Waals surface area contributed by atoms with Gasteiger partial charge in [0.1, 0.15) is 22.0 Å². The number of nitro groups is 1. The van der Waals surface area contributed by atoms with Gasteiger partial charge in [-0.25, -0.2) is 23.1 Å². The number of amides is 1. The average Bonchev–Trinajstić information content (AvgIpc) is 3.76. The Morgan fingerprint density at radius 3 is 2.53 bits per heavy atom. The number of carbonyl (C=O) groups excluding carboxylic acids is 1. The van der Waals surface area contributed by atoms with Crippen molar-refractivity contribution in [3.63, 3.8) is 0 Å². The maximum absolute atomic E-state index is 14.0. The van der Waals surface area contributed by atoms with Gasteiger partial charge in [0.2, 0.25) is 5.82 Å². The lowest BCUT2D eigenvalue weighted by atomic mass is 9.59. The molecule has 66 heavy (non-hydrogen) atoms. The minimum absolute atomic E-state index is 0.0601. The Kier molecular flexibility index (Phi) is 12.7. The second kappa shape index (κ2) is 18.3. The molecule has 5 heterocycles. The summed E-state index contributed by atoms with van der Waals surface area (Å²) in [5.74, 6) is 1.29. The van der Waals surface area contributed by atoms with Gasteiger partial charge in [0.25, 0.3) is 15.9 Å². The van der Waals surface area contributed by atoms with Crippen LogP contribution in [0.1, 0.15) is 106 Å². The number of rotatable bonds is 13. The summed E-state index contributed by atoms with van der Waals surface area (Å²) < 4.78 is 48.8. The van der Waals surface area contributed by atoms with Crippen molar-refractivity contribution < 1.29 is 32.2 Å². The molecule has 4 N–H and O–H groups in total. The van der Waals surface area contributed by atoms with Gasteiger partial charge in [-0.2, -0.15) is 0 Å². The van der Waals surface area contributed by atoms with E-state index in [4.69, 9.17) is 4.74 Å². The normalized spacial score (nSPS) is 23.7. The van der Waals surface area contributed by atoms with E-state index in [0.717, 1.165) is 81.5 Å². The molecule has 2 saturated carbocycles. The minimum Gasteiger partial charge on any atom is -0.455 e. The summed E-state index contributed by atoms with van der Waals surface area (Å²) in [7, 11) is -5.49. The number of ether oxygens (including phenoxy) is 1. The van der Waals surface area contributed by atoms with Crippen molar-refractivity contribution in [2.24, 2.45) is 11.3 Å². The van der Waals surface area contributed by atoms with Gasteiger partial charge in [0.15, 0.2) is 0 Å². The Labute approximate surface area is 387 Å². The summed E-state index contributed by atoms with van der Waals surface area (Å²) in [6, 6.07) is 18.8. The summed E-state index contributed by atoms with van der Waals surface area (Å²) in [6.45, 7) is 9.01. The van der Waals surface area contributed by atoms with Crippen molar-refractivity contribution in [1.82, 2.24) is 24.6 Å². The third kappa shape index (κ3) is 9.69. The topological polar surface area (TPSA) is 213 Å². The molecule has 4 fully saturated rings.